The summed E-state index contributed by atoms with van der Waals surface area (Å²) in [5.74, 6) is -4.65. The van der Waals surface area contributed by atoms with Crippen LogP contribution in [0.25, 0.3) is 0 Å². The van der Waals surface area contributed by atoms with Crippen LogP contribution in [-0.4, -0.2) is 44.6 Å². The van der Waals surface area contributed by atoms with E-state index in [0.717, 1.165) is 0 Å². The summed E-state index contributed by atoms with van der Waals surface area (Å²) in [6, 6.07) is 2.61. The van der Waals surface area contributed by atoms with Crippen molar-refractivity contribution in [2.45, 2.75) is 18.0 Å². The van der Waals surface area contributed by atoms with Gasteiger partial charge in [0.25, 0.3) is 5.91 Å². The molecule has 1 heterocycles. The molecule has 2 saturated carbocycles. The number of carbonyl (C=O) groups excluding carboxylic acids is 1. The van der Waals surface area contributed by atoms with Gasteiger partial charge in [0.05, 0.1) is 11.5 Å². The van der Waals surface area contributed by atoms with Gasteiger partial charge in [-0.15, -0.1) is 0 Å². The zero-order valence-electron chi connectivity index (χ0n) is 11.5. The summed E-state index contributed by atoms with van der Waals surface area (Å²) in [4.78, 5) is 38.6. The maximum atomic E-state index is 12.1. The fourth-order valence-electron chi connectivity index (χ4n) is 3.58. The number of pyridine rings is 1. The van der Waals surface area contributed by atoms with Crippen molar-refractivity contribution < 1.29 is 24.6 Å². The van der Waals surface area contributed by atoms with E-state index < -0.39 is 47.2 Å². The minimum atomic E-state index is -1.61. The monoisotopic (exact) mass is 305 g/mol. The summed E-state index contributed by atoms with van der Waals surface area (Å²) in [6.07, 6.45) is 2.93. The average molecular weight is 305 g/mol. The van der Waals surface area contributed by atoms with E-state index in [2.05, 4.69) is 10.3 Å². The van der Waals surface area contributed by atoms with Crippen LogP contribution in [0.15, 0.2) is 24.5 Å². The van der Waals surface area contributed by atoms with Crippen LogP contribution in [-0.2, 0) is 9.59 Å². The summed E-state index contributed by atoms with van der Waals surface area (Å²) in [7, 11) is 0. The minimum Gasteiger partial charge on any atom is -0.481 e. The number of amides is 1. The number of carboxylic acids is 2. The second-order valence-electron chi connectivity index (χ2n) is 5.84. The van der Waals surface area contributed by atoms with Gasteiger partial charge in [-0.3, -0.25) is 19.4 Å². The van der Waals surface area contributed by atoms with Crippen molar-refractivity contribution in [3.05, 3.63) is 30.1 Å². The normalized spacial score (nSPS) is 35.5. The number of aromatic nitrogens is 1. The highest BCUT2D eigenvalue weighted by molar-refractivity contribution is 5.94. The molecule has 1 aromatic heterocycles. The molecule has 0 aromatic carbocycles. The third-order valence-electron chi connectivity index (χ3n) is 4.62. The van der Waals surface area contributed by atoms with Crippen molar-refractivity contribution in [3.63, 3.8) is 0 Å². The molecule has 8 nitrogen and oxygen atoms in total. The van der Waals surface area contributed by atoms with Crippen molar-refractivity contribution >= 4 is 17.8 Å². The lowest BCUT2D eigenvalue weighted by molar-refractivity contribution is -0.145. The Bertz CT molecular complexity index is 649. The summed E-state index contributed by atoms with van der Waals surface area (Å²) in [5, 5.41) is 21.2. The number of nitrogens with zero attached hydrogens (tertiary/aromatic N) is 1. The zero-order chi connectivity index (χ0) is 16.1. The summed E-state index contributed by atoms with van der Waals surface area (Å²) >= 11 is 0. The second-order valence-corrected chi connectivity index (χ2v) is 5.84. The van der Waals surface area contributed by atoms with Crippen LogP contribution in [0.4, 0.5) is 0 Å². The van der Waals surface area contributed by atoms with Gasteiger partial charge in [-0.2, -0.15) is 0 Å². The van der Waals surface area contributed by atoms with Gasteiger partial charge in [0.1, 0.15) is 5.54 Å². The molecule has 0 saturated heterocycles. The van der Waals surface area contributed by atoms with Gasteiger partial charge in [0.2, 0.25) is 0 Å². The summed E-state index contributed by atoms with van der Waals surface area (Å²) in [5.41, 5.74) is 4.61. The lowest BCUT2D eigenvalue weighted by Gasteiger charge is -2.25. The van der Waals surface area contributed by atoms with E-state index in [9.17, 15) is 24.6 Å². The van der Waals surface area contributed by atoms with Crippen molar-refractivity contribution in [2.24, 2.45) is 23.5 Å². The molecule has 1 aromatic rings. The van der Waals surface area contributed by atoms with Crippen LogP contribution < -0.4 is 11.1 Å². The smallest absolute Gasteiger partial charge is 0.324 e. The van der Waals surface area contributed by atoms with Gasteiger partial charge < -0.3 is 21.3 Å². The number of rotatable bonds is 4. The van der Waals surface area contributed by atoms with Crippen LogP contribution in [0, 0.1) is 17.8 Å². The number of carbonyl (C=O) groups is 3. The standard InChI is InChI=1S/C14H15N3O5/c15-14(13(21)22)4-7(8-9(10(8)14)12(19)20)17-11(18)6-2-1-3-16-5-6/h1-3,5,7-10H,4,15H2,(H,17,18)(H,19,20)(H,21,22)/t7-,8-,9-,10+,14-/m1/s1. The maximum absolute atomic E-state index is 12.1. The zero-order valence-corrected chi connectivity index (χ0v) is 11.5. The third kappa shape index (κ3) is 2.03. The first-order valence-corrected chi connectivity index (χ1v) is 6.82. The molecule has 22 heavy (non-hydrogen) atoms. The van der Waals surface area contributed by atoms with Crippen molar-refractivity contribution in [2.75, 3.05) is 0 Å². The predicted octanol–water partition coefficient (Wildman–Crippen LogP) is -0.687. The molecule has 3 rings (SSSR count). The average Bonchev–Trinajstić information content (AvgIpc) is 3.17. The SMILES string of the molecule is N[C@]1(C(=O)O)C[C@@H](NC(=O)c2cccnc2)[C@@H]2[C@@H](C(=O)O)[C@H]21. The molecule has 0 bridgehead atoms. The van der Waals surface area contributed by atoms with E-state index in [-0.39, 0.29) is 6.42 Å². The van der Waals surface area contributed by atoms with E-state index in [4.69, 9.17) is 5.73 Å². The fourth-order valence-corrected chi connectivity index (χ4v) is 3.58. The van der Waals surface area contributed by atoms with Gasteiger partial charge in [0, 0.05) is 24.4 Å². The van der Waals surface area contributed by atoms with Gasteiger partial charge in [-0.1, -0.05) is 0 Å². The number of hydrogen-bond donors (Lipinski definition) is 4. The minimum absolute atomic E-state index is 0.0213. The molecule has 1 amide bonds. The van der Waals surface area contributed by atoms with Crippen LogP contribution in [0.5, 0.6) is 0 Å². The Hall–Kier alpha value is -2.48. The Morgan fingerprint density at radius 2 is 2.09 bits per heavy atom. The van der Waals surface area contributed by atoms with Crippen molar-refractivity contribution in [3.8, 4) is 0 Å². The van der Waals surface area contributed by atoms with E-state index in [1.54, 1.807) is 12.1 Å². The first kappa shape index (κ1) is 14.5. The highest BCUT2D eigenvalue weighted by Gasteiger charge is 2.74. The molecule has 2 fully saturated rings. The number of hydrogen-bond acceptors (Lipinski definition) is 5. The quantitative estimate of drug-likeness (QED) is 0.576. The molecule has 5 N–H and O–H groups in total. The molecule has 8 heteroatoms. The van der Waals surface area contributed by atoms with E-state index in [0.29, 0.717) is 5.56 Å². The first-order valence-electron chi connectivity index (χ1n) is 6.82. The number of carboxylic acid groups (broad SMARTS) is 2. The summed E-state index contributed by atoms with van der Waals surface area (Å²) in [6.45, 7) is 0. The maximum Gasteiger partial charge on any atom is 0.324 e. The van der Waals surface area contributed by atoms with E-state index in [1.165, 1.54) is 12.4 Å². The number of aliphatic carboxylic acids is 2. The molecule has 116 valence electrons. The molecule has 0 radical (unpaired) electrons. The van der Waals surface area contributed by atoms with Gasteiger partial charge in [-0.05, 0) is 24.5 Å². The number of nitrogens with one attached hydrogen (secondary N) is 1. The molecule has 0 aliphatic heterocycles. The second kappa shape index (κ2) is 4.77. The van der Waals surface area contributed by atoms with Crippen molar-refractivity contribution in [1.82, 2.24) is 10.3 Å². The van der Waals surface area contributed by atoms with E-state index >= 15 is 0 Å². The highest BCUT2D eigenvalue weighted by Crippen LogP contribution is 2.61. The molecule has 2 aliphatic rings. The first-order chi connectivity index (χ1) is 10.4. The topological polar surface area (TPSA) is 143 Å². The van der Waals surface area contributed by atoms with Crippen LogP contribution in [0.2, 0.25) is 0 Å². The molecular weight excluding hydrogens is 290 g/mol. The number of nitrogens with two attached hydrogens (primary N) is 1. The Morgan fingerprint density at radius 3 is 2.64 bits per heavy atom. The van der Waals surface area contributed by atoms with Crippen LogP contribution >= 0.6 is 0 Å². The van der Waals surface area contributed by atoms with Gasteiger partial charge in [0.15, 0.2) is 0 Å². The Balaban J connectivity index is 1.79. The number of fused-ring (bicyclic) bond motifs is 1. The van der Waals surface area contributed by atoms with Gasteiger partial charge in [-0.25, -0.2) is 0 Å². The van der Waals surface area contributed by atoms with Gasteiger partial charge >= 0.3 is 11.9 Å². The summed E-state index contributed by atoms with van der Waals surface area (Å²) < 4.78 is 0. The molecular formula is C14H15N3O5. The Kier molecular flexibility index (Phi) is 3.13. The van der Waals surface area contributed by atoms with Crippen LogP contribution in [0.1, 0.15) is 16.8 Å². The predicted molar refractivity (Wildman–Crippen MR) is 72.8 cm³/mol. The third-order valence-corrected chi connectivity index (χ3v) is 4.62. The molecule has 5 atom stereocenters. The van der Waals surface area contributed by atoms with Crippen LogP contribution in [0.3, 0.4) is 0 Å². The fraction of sp³-hybridized carbons (Fsp3) is 0.429. The Labute approximate surface area is 125 Å². The van der Waals surface area contributed by atoms with Crippen molar-refractivity contribution in [1.29, 1.82) is 0 Å². The molecule has 0 unspecified atom stereocenters. The largest absolute Gasteiger partial charge is 0.481 e. The highest BCUT2D eigenvalue weighted by atomic mass is 16.4. The van der Waals surface area contributed by atoms with E-state index in [1.807, 2.05) is 0 Å². The molecule has 0 spiro atoms. The lowest BCUT2D eigenvalue weighted by Crippen LogP contribution is -2.52. The Morgan fingerprint density at radius 1 is 1.36 bits per heavy atom. The molecule has 2 aliphatic carbocycles. The lowest BCUT2D eigenvalue weighted by atomic mass is 9.90.